The number of benzene rings is 4. The van der Waals surface area contributed by atoms with E-state index < -0.39 is 17.7 Å². The Morgan fingerprint density at radius 3 is 2.24 bits per heavy atom. The smallest absolute Gasteiger partial charge is 0.300 e. The number of anilines is 1. The summed E-state index contributed by atoms with van der Waals surface area (Å²) in [7, 11) is 1.54. The first-order valence-corrected chi connectivity index (χ1v) is 10.7. The second-order valence-corrected chi connectivity index (χ2v) is 7.99. The summed E-state index contributed by atoms with van der Waals surface area (Å²) < 4.78 is 5.22. The number of ether oxygens (including phenoxy) is 1. The summed E-state index contributed by atoms with van der Waals surface area (Å²) in [6.45, 7) is 0. The molecule has 1 atom stereocenters. The van der Waals surface area contributed by atoms with Crippen LogP contribution < -0.4 is 9.64 Å². The van der Waals surface area contributed by atoms with Gasteiger partial charge in [-0.05, 0) is 52.7 Å². The van der Waals surface area contributed by atoms with E-state index in [0.29, 0.717) is 22.6 Å². The van der Waals surface area contributed by atoms with Crippen LogP contribution in [0.4, 0.5) is 5.69 Å². The molecule has 1 amide bonds. The Labute approximate surface area is 196 Å². The summed E-state index contributed by atoms with van der Waals surface area (Å²) >= 11 is 0. The molecule has 4 aromatic carbocycles. The van der Waals surface area contributed by atoms with E-state index in [0.717, 1.165) is 10.8 Å². The molecule has 0 spiro atoms. The molecule has 0 aromatic heterocycles. The fourth-order valence-electron chi connectivity index (χ4n) is 4.39. The number of aliphatic hydroxyl groups is 1. The van der Waals surface area contributed by atoms with E-state index in [1.54, 1.807) is 55.6 Å². The number of rotatable bonds is 4. The van der Waals surface area contributed by atoms with Crippen LogP contribution >= 0.6 is 0 Å². The summed E-state index contributed by atoms with van der Waals surface area (Å²) in [6, 6.07) is 25.1. The van der Waals surface area contributed by atoms with Gasteiger partial charge in [0.15, 0.2) is 0 Å². The standard InChI is InChI=1S/C28H21NO5/c1-34-21-15-11-19(12-16-21)29-25(18-9-13-20(30)14-10-18)24(27(32)28(29)33)26(31)23-8-4-6-17-5-2-3-7-22(17)23/h2-16,25,30-31H,1H3/b26-24-. The summed E-state index contributed by atoms with van der Waals surface area (Å²) in [6.07, 6.45) is 0. The van der Waals surface area contributed by atoms with E-state index in [4.69, 9.17) is 4.74 Å². The Kier molecular flexibility index (Phi) is 5.26. The van der Waals surface area contributed by atoms with Crippen molar-refractivity contribution in [2.45, 2.75) is 6.04 Å². The van der Waals surface area contributed by atoms with E-state index in [-0.39, 0.29) is 17.1 Å². The number of hydrogen-bond acceptors (Lipinski definition) is 5. The molecule has 6 nitrogen and oxygen atoms in total. The third kappa shape index (κ3) is 3.46. The fourth-order valence-corrected chi connectivity index (χ4v) is 4.39. The van der Waals surface area contributed by atoms with Crippen LogP contribution in [0.25, 0.3) is 16.5 Å². The van der Waals surface area contributed by atoms with Crippen LogP contribution in [0.1, 0.15) is 17.2 Å². The lowest BCUT2D eigenvalue weighted by Gasteiger charge is -2.25. The molecular formula is C28H21NO5. The molecule has 1 aliphatic heterocycles. The van der Waals surface area contributed by atoms with Crippen molar-refractivity contribution in [2.24, 2.45) is 0 Å². The highest BCUT2D eigenvalue weighted by molar-refractivity contribution is 6.51. The molecule has 0 saturated carbocycles. The Balaban J connectivity index is 1.75. The van der Waals surface area contributed by atoms with Crippen molar-refractivity contribution in [3.63, 3.8) is 0 Å². The zero-order valence-corrected chi connectivity index (χ0v) is 18.3. The van der Waals surface area contributed by atoms with Gasteiger partial charge in [0.1, 0.15) is 17.3 Å². The first kappa shape index (κ1) is 21.3. The van der Waals surface area contributed by atoms with Gasteiger partial charge in [-0.2, -0.15) is 0 Å². The Hall–Kier alpha value is -4.58. The number of amides is 1. The second-order valence-electron chi connectivity index (χ2n) is 7.99. The lowest BCUT2D eigenvalue weighted by molar-refractivity contribution is -0.132. The first-order valence-electron chi connectivity index (χ1n) is 10.7. The maximum absolute atomic E-state index is 13.3. The van der Waals surface area contributed by atoms with E-state index in [9.17, 15) is 19.8 Å². The normalized spacial score (nSPS) is 17.3. The number of phenolic OH excluding ortho intramolecular Hbond substituents is 1. The van der Waals surface area contributed by atoms with Crippen molar-refractivity contribution in [1.29, 1.82) is 0 Å². The van der Waals surface area contributed by atoms with E-state index >= 15 is 0 Å². The average molecular weight is 451 g/mol. The largest absolute Gasteiger partial charge is 0.508 e. The van der Waals surface area contributed by atoms with Crippen molar-refractivity contribution >= 4 is 33.9 Å². The molecule has 6 heteroatoms. The second kappa shape index (κ2) is 8.41. The van der Waals surface area contributed by atoms with Crippen LogP contribution in [0.2, 0.25) is 0 Å². The van der Waals surface area contributed by atoms with Crippen LogP contribution in [0, 0.1) is 0 Å². The predicted molar refractivity (Wildman–Crippen MR) is 130 cm³/mol. The molecule has 1 fully saturated rings. The molecule has 1 aliphatic rings. The highest BCUT2D eigenvalue weighted by atomic mass is 16.5. The fraction of sp³-hybridized carbons (Fsp3) is 0.0714. The number of phenols is 1. The van der Waals surface area contributed by atoms with Gasteiger partial charge in [0.2, 0.25) is 0 Å². The lowest BCUT2D eigenvalue weighted by Crippen LogP contribution is -2.29. The highest BCUT2D eigenvalue weighted by Crippen LogP contribution is 2.43. The molecule has 2 N–H and O–H groups in total. The average Bonchev–Trinajstić information content (AvgIpc) is 3.14. The van der Waals surface area contributed by atoms with Gasteiger partial charge >= 0.3 is 0 Å². The molecular weight excluding hydrogens is 430 g/mol. The van der Waals surface area contributed by atoms with Crippen LogP contribution in [-0.4, -0.2) is 29.0 Å². The molecule has 5 rings (SSSR count). The van der Waals surface area contributed by atoms with E-state index in [1.807, 2.05) is 30.3 Å². The van der Waals surface area contributed by atoms with Gasteiger partial charge in [0, 0.05) is 11.3 Å². The van der Waals surface area contributed by atoms with Crippen LogP contribution in [0.5, 0.6) is 11.5 Å². The van der Waals surface area contributed by atoms with Gasteiger partial charge < -0.3 is 14.9 Å². The number of methoxy groups -OCH3 is 1. The van der Waals surface area contributed by atoms with Gasteiger partial charge in [0.05, 0.1) is 18.7 Å². The van der Waals surface area contributed by atoms with Gasteiger partial charge in [-0.15, -0.1) is 0 Å². The number of hydrogen-bond donors (Lipinski definition) is 2. The zero-order chi connectivity index (χ0) is 23.8. The Bertz CT molecular complexity index is 1430. The number of aromatic hydroxyl groups is 1. The molecule has 1 heterocycles. The van der Waals surface area contributed by atoms with Crippen LogP contribution in [-0.2, 0) is 9.59 Å². The van der Waals surface area contributed by atoms with Crippen molar-refractivity contribution in [1.82, 2.24) is 0 Å². The topological polar surface area (TPSA) is 87.1 Å². The van der Waals surface area contributed by atoms with Crippen molar-refractivity contribution < 1.29 is 24.5 Å². The maximum atomic E-state index is 13.3. The molecule has 1 unspecified atom stereocenters. The van der Waals surface area contributed by atoms with Crippen molar-refractivity contribution in [3.8, 4) is 11.5 Å². The monoisotopic (exact) mass is 451 g/mol. The number of nitrogens with zero attached hydrogens (tertiary/aromatic N) is 1. The van der Waals surface area contributed by atoms with Crippen LogP contribution in [0.3, 0.4) is 0 Å². The number of carbonyl (C=O) groups is 2. The first-order chi connectivity index (χ1) is 16.5. The maximum Gasteiger partial charge on any atom is 0.300 e. The molecule has 1 saturated heterocycles. The van der Waals surface area contributed by atoms with E-state index in [1.165, 1.54) is 17.0 Å². The van der Waals surface area contributed by atoms with Gasteiger partial charge in [-0.3, -0.25) is 14.5 Å². The van der Waals surface area contributed by atoms with Gasteiger partial charge in [-0.1, -0.05) is 54.6 Å². The SMILES string of the molecule is COc1ccc(N2C(=O)C(=O)/C(=C(\O)c3cccc4ccccc34)C2c2ccc(O)cc2)cc1. The molecule has 168 valence electrons. The lowest BCUT2D eigenvalue weighted by atomic mass is 9.93. The number of fused-ring (bicyclic) bond motifs is 1. The Morgan fingerprint density at radius 1 is 0.853 bits per heavy atom. The number of Topliss-reactive ketones (excluding diaryl/α,β-unsaturated/α-hetero) is 1. The molecule has 0 aliphatic carbocycles. The minimum atomic E-state index is -0.882. The third-order valence-electron chi connectivity index (χ3n) is 6.05. The van der Waals surface area contributed by atoms with Gasteiger partial charge in [-0.25, -0.2) is 0 Å². The highest BCUT2D eigenvalue weighted by Gasteiger charge is 2.47. The Morgan fingerprint density at radius 2 is 1.53 bits per heavy atom. The van der Waals surface area contributed by atoms with Crippen molar-refractivity contribution in [2.75, 3.05) is 12.0 Å². The zero-order valence-electron chi connectivity index (χ0n) is 18.3. The predicted octanol–water partition coefficient (Wildman–Crippen LogP) is 5.18. The van der Waals surface area contributed by atoms with Crippen molar-refractivity contribution in [3.05, 3.63) is 108 Å². The minimum Gasteiger partial charge on any atom is -0.508 e. The number of carbonyl (C=O) groups excluding carboxylic acids is 2. The molecule has 34 heavy (non-hydrogen) atoms. The quantitative estimate of drug-likeness (QED) is 0.254. The summed E-state index contributed by atoms with van der Waals surface area (Å²) in [5.74, 6) is -1.11. The summed E-state index contributed by atoms with van der Waals surface area (Å²) in [5, 5.41) is 22.9. The molecule has 0 bridgehead atoms. The molecule has 4 aromatic rings. The number of aliphatic hydroxyl groups excluding tert-OH is 1. The van der Waals surface area contributed by atoms with E-state index in [2.05, 4.69) is 0 Å². The third-order valence-corrected chi connectivity index (χ3v) is 6.05. The minimum absolute atomic E-state index is 0.0112. The summed E-state index contributed by atoms with van der Waals surface area (Å²) in [4.78, 5) is 28.0. The van der Waals surface area contributed by atoms with Gasteiger partial charge in [0.25, 0.3) is 11.7 Å². The molecule has 0 radical (unpaired) electrons. The van der Waals surface area contributed by atoms with Crippen LogP contribution in [0.15, 0.2) is 96.6 Å². The number of ketones is 1. The summed E-state index contributed by atoms with van der Waals surface area (Å²) in [5.41, 5.74) is 1.52.